The largest absolute Gasteiger partial charge is 0.469 e. The number of nitrogens with two attached hydrogens (primary N) is 1. The predicted octanol–water partition coefficient (Wildman–Crippen LogP) is 2.56. The highest BCUT2D eigenvalue weighted by Crippen LogP contribution is 2.35. The van der Waals surface area contributed by atoms with Crippen molar-refractivity contribution in [3.63, 3.8) is 0 Å². The summed E-state index contributed by atoms with van der Waals surface area (Å²) in [7, 11) is 1.28. The van der Waals surface area contributed by atoms with Crippen LogP contribution in [0.1, 0.15) is 25.5 Å². The van der Waals surface area contributed by atoms with E-state index < -0.39 is 22.3 Å². The number of carbonyl (C=O) groups is 1. The molecule has 0 aromatic heterocycles. The number of hydrogen-bond donors (Lipinski definition) is 1. The van der Waals surface area contributed by atoms with Crippen LogP contribution in [0.3, 0.4) is 0 Å². The highest BCUT2D eigenvalue weighted by Gasteiger charge is 2.37. The van der Waals surface area contributed by atoms with E-state index >= 15 is 0 Å². The Morgan fingerprint density at radius 3 is 2.58 bits per heavy atom. The van der Waals surface area contributed by atoms with Gasteiger partial charge in [0.05, 0.1) is 21.9 Å². The summed E-state index contributed by atoms with van der Waals surface area (Å²) in [6.45, 7) is 3.27. The Balaban J connectivity index is 3.20. The van der Waals surface area contributed by atoms with E-state index in [1.54, 1.807) is 26.0 Å². The zero-order chi connectivity index (χ0) is 14.8. The average Bonchev–Trinajstić information content (AvgIpc) is 2.36. The summed E-state index contributed by atoms with van der Waals surface area (Å²) in [5, 5.41) is 10.9. The molecule has 0 bridgehead atoms. The van der Waals surface area contributed by atoms with Crippen LogP contribution in [-0.4, -0.2) is 18.0 Å². The molecule has 0 aliphatic carbocycles. The van der Waals surface area contributed by atoms with Gasteiger partial charge in [-0.05, 0) is 41.4 Å². The van der Waals surface area contributed by atoms with E-state index in [9.17, 15) is 14.9 Å². The van der Waals surface area contributed by atoms with Gasteiger partial charge in [-0.1, -0.05) is 6.07 Å². The van der Waals surface area contributed by atoms with E-state index in [2.05, 4.69) is 15.9 Å². The van der Waals surface area contributed by atoms with Crippen molar-refractivity contribution in [2.75, 3.05) is 7.11 Å². The SMILES string of the molecule is COC(=O)C(C)(C)[C@@H](N)c1ccc(Br)c([N+](=O)[O-])c1. The Labute approximate surface area is 119 Å². The second kappa shape index (κ2) is 5.66. The molecule has 0 aliphatic rings. The number of nitro benzene ring substituents is 1. The van der Waals surface area contributed by atoms with E-state index in [1.165, 1.54) is 13.2 Å². The van der Waals surface area contributed by atoms with Crippen molar-refractivity contribution in [1.82, 2.24) is 0 Å². The minimum absolute atomic E-state index is 0.0892. The maximum atomic E-state index is 11.7. The number of methoxy groups -OCH3 is 1. The molecule has 0 unspecified atom stereocenters. The van der Waals surface area contributed by atoms with Gasteiger partial charge >= 0.3 is 5.97 Å². The maximum absolute atomic E-state index is 11.7. The number of benzene rings is 1. The van der Waals surface area contributed by atoms with Crippen LogP contribution in [0, 0.1) is 15.5 Å². The van der Waals surface area contributed by atoms with Crippen molar-refractivity contribution < 1.29 is 14.5 Å². The first-order valence-corrected chi connectivity index (χ1v) is 6.29. The Kier molecular flexibility index (Phi) is 4.65. The lowest BCUT2D eigenvalue weighted by molar-refractivity contribution is -0.385. The molecule has 0 aliphatic heterocycles. The first-order chi connectivity index (χ1) is 8.71. The third-order valence-corrected chi connectivity index (χ3v) is 3.69. The fraction of sp³-hybridized carbons (Fsp3) is 0.417. The Hall–Kier alpha value is -1.47. The standard InChI is InChI=1S/C12H15BrN2O4/c1-12(2,11(16)19-3)10(14)7-4-5-8(13)9(6-7)15(17)18/h4-6,10H,14H2,1-3H3/t10-/m0/s1. The fourth-order valence-corrected chi connectivity index (χ4v) is 2.06. The summed E-state index contributed by atoms with van der Waals surface area (Å²) in [6.07, 6.45) is 0. The van der Waals surface area contributed by atoms with Gasteiger partial charge < -0.3 is 10.5 Å². The first kappa shape index (κ1) is 15.6. The van der Waals surface area contributed by atoms with Gasteiger partial charge in [-0.3, -0.25) is 14.9 Å². The lowest BCUT2D eigenvalue weighted by Crippen LogP contribution is -2.37. The molecule has 1 aromatic carbocycles. The Morgan fingerprint density at radius 2 is 2.11 bits per heavy atom. The van der Waals surface area contributed by atoms with E-state index in [0.717, 1.165) is 0 Å². The molecule has 0 spiro atoms. The van der Waals surface area contributed by atoms with Crippen molar-refractivity contribution in [3.8, 4) is 0 Å². The second-order valence-corrected chi connectivity index (χ2v) is 5.51. The topological polar surface area (TPSA) is 95.5 Å². The van der Waals surface area contributed by atoms with Crippen molar-refractivity contribution in [1.29, 1.82) is 0 Å². The van der Waals surface area contributed by atoms with Crippen LogP contribution in [-0.2, 0) is 9.53 Å². The van der Waals surface area contributed by atoms with Gasteiger partial charge in [0.15, 0.2) is 0 Å². The van der Waals surface area contributed by atoms with Crippen molar-refractivity contribution in [2.45, 2.75) is 19.9 Å². The molecule has 104 valence electrons. The van der Waals surface area contributed by atoms with Gasteiger partial charge in [-0.25, -0.2) is 0 Å². The number of nitro groups is 1. The number of ether oxygens (including phenoxy) is 1. The van der Waals surface area contributed by atoms with Gasteiger partial charge in [-0.15, -0.1) is 0 Å². The molecule has 0 saturated carbocycles. The van der Waals surface area contributed by atoms with Gasteiger partial charge in [0.2, 0.25) is 0 Å². The number of carbonyl (C=O) groups excluding carboxylic acids is 1. The molecule has 0 radical (unpaired) electrons. The van der Waals surface area contributed by atoms with E-state index in [0.29, 0.717) is 10.0 Å². The summed E-state index contributed by atoms with van der Waals surface area (Å²) in [4.78, 5) is 22.1. The summed E-state index contributed by atoms with van der Waals surface area (Å²) in [5.41, 5.74) is 5.47. The summed E-state index contributed by atoms with van der Waals surface area (Å²) >= 11 is 3.10. The Bertz CT molecular complexity index is 516. The minimum Gasteiger partial charge on any atom is -0.469 e. The highest BCUT2D eigenvalue weighted by molar-refractivity contribution is 9.10. The Morgan fingerprint density at radius 1 is 1.53 bits per heavy atom. The van der Waals surface area contributed by atoms with Crippen LogP contribution >= 0.6 is 15.9 Å². The molecule has 1 aromatic rings. The highest BCUT2D eigenvalue weighted by atomic mass is 79.9. The third kappa shape index (κ3) is 3.10. The smallest absolute Gasteiger partial charge is 0.313 e. The lowest BCUT2D eigenvalue weighted by Gasteiger charge is -2.28. The fourth-order valence-electron chi connectivity index (χ4n) is 1.67. The number of nitrogens with zero attached hydrogens (tertiary/aromatic N) is 1. The number of rotatable bonds is 4. The van der Waals surface area contributed by atoms with E-state index in [4.69, 9.17) is 10.5 Å². The molecule has 19 heavy (non-hydrogen) atoms. The number of halogens is 1. The van der Waals surface area contributed by atoms with Gasteiger partial charge in [0.1, 0.15) is 0 Å². The third-order valence-electron chi connectivity index (χ3n) is 3.02. The predicted molar refractivity (Wildman–Crippen MR) is 73.5 cm³/mol. The zero-order valence-electron chi connectivity index (χ0n) is 10.8. The average molecular weight is 331 g/mol. The molecule has 0 heterocycles. The van der Waals surface area contributed by atoms with Crippen LogP contribution in [0.4, 0.5) is 5.69 Å². The molecule has 0 saturated heterocycles. The van der Waals surface area contributed by atoms with Crippen LogP contribution in [0.2, 0.25) is 0 Å². The quantitative estimate of drug-likeness (QED) is 0.520. The maximum Gasteiger partial charge on any atom is 0.313 e. The van der Waals surface area contributed by atoms with Gasteiger partial charge in [-0.2, -0.15) is 0 Å². The number of hydrogen-bond acceptors (Lipinski definition) is 5. The van der Waals surface area contributed by atoms with Crippen LogP contribution in [0.5, 0.6) is 0 Å². The normalized spacial score (nSPS) is 12.9. The van der Waals surface area contributed by atoms with Crippen molar-refractivity contribution in [2.24, 2.45) is 11.1 Å². The van der Waals surface area contributed by atoms with E-state index in [-0.39, 0.29) is 5.69 Å². The van der Waals surface area contributed by atoms with Crippen LogP contribution in [0.15, 0.2) is 22.7 Å². The first-order valence-electron chi connectivity index (χ1n) is 5.49. The molecular formula is C12H15BrN2O4. The summed E-state index contributed by atoms with van der Waals surface area (Å²) in [6, 6.07) is 3.85. The molecule has 2 N–H and O–H groups in total. The van der Waals surface area contributed by atoms with Crippen molar-refractivity contribution in [3.05, 3.63) is 38.3 Å². The molecule has 1 atom stereocenters. The van der Waals surface area contributed by atoms with E-state index in [1.807, 2.05) is 0 Å². The van der Waals surface area contributed by atoms with Crippen molar-refractivity contribution >= 4 is 27.6 Å². The molecule has 1 rings (SSSR count). The molecule has 0 fully saturated rings. The molecule has 0 amide bonds. The van der Waals surface area contributed by atoms with Crippen LogP contribution < -0.4 is 5.73 Å². The van der Waals surface area contributed by atoms with Crippen LogP contribution in [0.25, 0.3) is 0 Å². The zero-order valence-corrected chi connectivity index (χ0v) is 12.4. The minimum atomic E-state index is -0.976. The van der Waals surface area contributed by atoms with Gasteiger partial charge in [0, 0.05) is 12.1 Å². The molecule has 6 nitrogen and oxygen atoms in total. The lowest BCUT2D eigenvalue weighted by atomic mass is 9.81. The molecular weight excluding hydrogens is 316 g/mol. The van der Waals surface area contributed by atoms with Gasteiger partial charge in [0.25, 0.3) is 5.69 Å². The summed E-state index contributed by atoms with van der Waals surface area (Å²) < 4.78 is 5.06. The molecule has 7 heteroatoms. The second-order valence-electron chi connectivity index (χ2n) is 4.66. The number of esters is 1. The summed E-state index contributed by atoms with van der Waals surface area (Å²) in [5.74, 6) is -0.467. The monoisotopic (exact) mass is 330 g/mol.